The molecule has 0 bridgehead atoms. The van der Waals surface area contributed by atoms with Crippen LogP contribution in [0.2, 0.25) is 0 Å². The van der Waals surface area contributed by atoms with Gasteiger partial charge in [0.25, 0.3) is 0 Å². The fourth-order valence-corrected chi connectivity index (χ4v) is 2.12. The van der Waals surface area contributed by atoms with Crippen molar-refractivity contribution in [3.8, 4) is 0 Å². The summed E-state index contributed by atoms with van der Waals surface area (Å²) in [5.41, 5.74) is 2.41. The molecule has 0 aliphatic heterocycles. The van der Waals surface area contributed by atoms with Crippen LogP contribution in [0.5, 0.6) is 0 Å². The summed E-state index contributed by atoms with van der Waals surface area (Å²) in [4.78, 5) is 4.73. The van der Waals surface area contributed by atoms with E-state index < -0.39 is 0 Å². The predicted molar refractivity (Wildman–Crippen MR) is 68.6 cm³/mol. The van der Waals surface area contributed by atoms with Gasteiger partial charge in [0, 0.05) is 13.0 Å². The van der Waals surface area contributed by atoms with Gasteiger partial charge in [0.2, 0.25) is 0 Å². The highest BCUT2D eigenvalue weighted by Gasteiger charge is 2.10. The first-order valence-electron chi connectivity index (χ1n) is 6.16. The molecule has 0 unspecified atom stereocenters. The van der Waals surface area contributed by atoms with Gasteiger partial charge in [-0.05, 0) is 24.5 Å². The van der Waals surface area contributed by atoms with Crippen LogP contribution in [0, 0.1) is 5.92 Å². The van der Waals surface area contributed by atoms with Crippen LogP contribution in [0.25, 0.3) is 11.0 Å². The second-order valence-electron chi connectivity index (χ2n) is 4.77. The van der Waals surface area contributed by atoms with E-state index in [1.807, 2.05) is 0 Å². The predicted octanol–water partition coefficient (Wildman–Crippen LogP) is 3.64. The highest BCUT2D eigenvalue weighted by molar-refractivity contribution is 5.75. The molecule has 0 radical (unpaired) electrons. The number of para-hydroxylation sites is 2. The third kappa shape index (κ3) is 2.11. The van der Waals surface area contributed by atoms with Crippen molar-refractivity contribution in [2.45, 2.75) is 40.2 Å². The third-order valence-electron chi connectivity index (χ3n) is 2.77. The minimum Gasteiger partial charge on any atom is -0.328 e. The number of aromatic nitrogens is 2. The lowest BCUT2D eigenvalue weighted by Crippen LogP contribution is -2.06. The maximum Gasteiger partial charge on any atom is 0.110 e. The van der Waals surface area contributed by atoms with E-state index in [9.17, 15) is 0 Å². The molecule has 0 saturated heterocycles. The Labute approximate surface area is 97.3 Å². The zero-order valence-electron chi connectivity index (χ0n) is 10.4. The molecule has 1 aromatic heterocycles. The molecular formula is C14H20N2. The first-order valence-corrected chi connectivity index (χ1v) is 6.16. The number of nitrogens with zero attached hydrogens (tertiary/aromatic N) is 2. The van der Waals surface area contributed by atoms with Crippen molar-refractivity contribution in [3.63, 3.8) is 0 Å². The zero-order chi connectivity index (χ0) is 11.5. The quantitative estimate of drug-likeness (QED) is 0.763. The number of rotatable bonds is 4. The van der Waals surface area contributed by atoms with E-state index >= 15 is 0 Å². The highest BCUT2D eigenvalue weighted by Crippen LogP contribution is 2.18. The van der Waals surface area contributed by atoms with E-state index in [-0.39, 0.29) is 0 Å². The summed E-state index contributed by atoms with van der Waals surface area (Å²) in [5.74, 6) is 1.89. The fourth-order valence-electron chi connectivity index (χ4n) is 2.12. The van der Waals surface area contributed by atoms with E-state index in [1.54, 1.807) is 0 Å². The van der Waals surface area contributed by atoms with E-state index in [2.05, 4.69) is 49.6 Å². The Morgan fingerprint density at radius 1 is 1.25 bits per heavy atom. The number of hydrogen-bond donors (Lipinski definition) is 0. The summed E-state index contributed by atoms with van der Waals surface area (Å²) < 4.78 is 2.37. The number of imidazole rings is 1. The summed E-state index contributed by atoms with van der Waals surface area (Å²) in [7, 11) is 0. The number of benzene rings is 1. The van der Waals surface area contributed by atoms with Crippen molar-refractivity contribution < 1.29 is 0 Å². The summed E-state index contributed by atoms with van der Waals surface area (Å²) in [6.45, 7) is 7.78. The van der Waals surface area contributed by atoms with Crippen molar-refractivity contribution in [3.05, 3.63) is 30.1 Å². The van der Waals surface area contributed by atoms with Crippen LogP contribution in [0.1, 0.15) is 33.0 Å². The van der Waals surface area contributed by atoms with Crippen LogP contribution < -0.4 is 0 Å². The summed E-state index contributed by atoms with van der Waals surface area (Å²) in [5, 5.41) is 0. The molecule has 0 N–H and O–H groups in total. The normalized spacial score (nSPS) is 11.5. The minimum absolute atomic E-state index is 0.660. The lowest BCUT2D eigenvalue weighted by atomic mass is 10.1. The molecule has 1 heterocycles. The van der Waals surface area contributed by atoms with Gasteiger partial charge in [-0.25, -0.2) is 4.98 Å². The van der Waals surface area contributed by atoms with Crippen molar-refractivity contribution in [1.29, 1.82) is 0 Å². The standard InChI is InChI=1S/C14H20N2/c1-4-9-16-13-8-6-5-7-12(13)15-14(16)10-11(2)3/h5-8,11H,4,9-10H2,1-3H3. The van der Waals surface area contributed by atoms with Crippen LogP contribution in [-0.4, -0.2) is 9.55 Å². The monoisotopic (exact) mass is 216 g/mol. The molecule has 2 nitrogen and oxygen atoms in total. The van der Waals surface area contributed by atoms with Gasteiger partial charge < -0.3 is 4.57 Å². The lowest BCUT2D eigenvalue weighted by Gasteiger charge is -2.09. The minimum atomic E-state index is 0.660. The first-order chi connectivity index (χ1) is 7.72. The van der Waals surface area contributed by atoms with Crippen LogP contribution in [0.15, 0.2) is 24.3 Å². The van der Waals surface area contributed by atoms with E-state index in [0.29, 0.717) is 5.92 Å². The Balaban J connectivity index is 2.49. The van der Waals surface area contributed by atoms with Gasteiger partial charge in [-0.15, -0.1) is 0 Å². The SMILES string of the molecule is CCCn1c(CC(C)C)nc2ccccc21. The topological polar surface area (TPSA) is 17.8 Å². The number of aryl methyl sites for hydroxylation is 1. The molecule has 0 aliphatic carbocycles. The third-order valence-corrected chi connectivity index (χ3v) is 2.77. The van der Waals surface area contributed by atoms with Crippen molar-refractivity contribution >= 4 is 11.0 Å². The van der Waals surface area contributed by atoms with Crippen molar-refractivity contribution in [1.82, 2.24) is 9.55 Å². The Morgan fingerprint density at radius 2 is 2.00 bits per heavy atom. The molecule has 0 saturated carbocycles. The van der Waals surface area contributed by atoms with Gasteiger partial charge in [0.15, 0.2) is 0 Å². The molecule has 2 rings (SSSR count). The second kappa shape index (κ2) is 4.69. The molecule has 0 atom stereocenters. The smallest absolute Gasteiger partial charge is 0.110 e. The Kier molecular flexibility index (Phi) is 3.28. The number of hydrogen-bond acceptors (Lipinski definition) is 1. The van der Waals surface area contributed by atoms with Crippen LogP contribution in [0.3, 0.4) is 0 Å². The number of fused-ring (bicyclic) bond motifs is 1. The van der Waals surface area contributed by atoms with Crippen molar-refractivity contribution in [2.24, 2.45) is 5.92 Å². The molecule has 2 heteroatoms. The van der Waals surface area contributed by atoms with E-state index in [4.69, 9.17) is 4.98 Å². The molecule has 0 aliphatic rings. The lowest BCUT2D eigenvalue weighted by molar-refractivity contribution is 0.574. The summed E-state index contributed by atoms with van der Waals surface area (Å²) in [6, 6.07) is 8.42. The second-order valence-corrected chi connectivity index (χ2v) is 4.77. The average Bonchev–Trinajstić information content (AvgIpc) is 2.57. The highest BCUT2D eigenvalue weighted by atomic mass is 15.1. The van der Waals surface area contributed by atoms with E-state index in [1.165, 1.54) is 11.3 Å². The van der Waals surface area contributed by atoms with Crippen molar-refractivity contribution in [2.75, 3.05) is 0 Å². The zero-order valence-corrected chi connectivity index (χ0v) is 10.4. The van der Waals surface area contributed by atoms with Gasteiger partial charge >= 0.3 is 0 Å². The fraction of sp³-hybridized carbons (Fsp3) is 0.500. The summed E-state index contributed by atoms with van der Waals surface area (Å²) in [6.07, 6.45) is 2.22. The van der Waals surface area contributed by atoms with Gasteiger partial charge in [-0.1, -0.05) is 32.9 Å². The molecule has 0 amide bonds. The van der Waals surface area contributed by atoms with Crippen LogP contribution in [-0.2, 0) is 13.0 Å². The van der Waals surface area contributed by atoms with Gasteiger partial charge in [-0.2, -0.15) is 0 Å². The molecule has 0 fully saturated rings. The van der Waals surface area contributed by atoms with Gasteiger partial charge in [0.05, 0.1) is 11.0 Å². The summed E-state index contributed by atoms with van der Waals surface area (Å²) >= 11 is 0. The largest absolute Gasteiger partial charge is 0.328 e. The maximum atomic E-state index is 4.73. The van der Waals surface area contributed by atoms with Crippen LogP contribution in [0.4, 0.5) is 0 Å². The maximum absolute atomic E-state index is 4.73. The Morgan fingerprint density at radius 3 is 2.69 bits per heavy atom. The molecule has 86 valence electrons. The van der Waals surface area contributed by atoms with Crippen LogP contribution >= 0.6 is 0 Å². The molecule has 1 aromatic carbocycles. The Bertz CT molecular complexity index is 469. The van der Waals surface area contributed by atoms with E-state index in [0.717, 1.165) is 24.9 Å². The molecule has 0 spiro atoms. The molecular weight excluding hydrogens is 196 g/mol. The molecule has 16 heavy (non-hydrogen) atoms. The average molecular weight is 216 g/mol. The van der Waals surface area contributed by atoms with Gasteiger partial charge in [0.1, 0.15) is 5.82 Å². The Hall–Kier alpha value is -1.31. The first kappa shape index (κ1) is 11.2. The van der Waals surface area contributed by atoms with Gasteiger partial charge in [-0.3, -0.25) is 0 Å². The molecule has 2 aromatic rings.